The van der Waals surface area contributed by atoms with E-state index in [0.29, 0.717) is 12.3 Å². The van der Waals surface area contributed by atoms with E-state index in [1.807, 2.05) is 13.8 Å². The molecule has 2 atom stereocenters. The summed E-state index contributed by atoms with van der Waals surface area (Å²) >= 11 is 0. The van der Waals surface area contributed by atoms with Gasteiger partial charge in [-0.2, -0.15) is 0 Å². The SMILES string of the molecule is CC(CC(=O)NC(CC(=O)O)C(C)C)CC(C)(C)C. The van der Waals surface area contributed by atoms with Gasteiger partial charge in [0.05, 0.1) is 6.42 Å². The van der Waals surface area contributed by atoms with E-state index in [1.54, 1.807) is 0 Å². The van der Waals surface area contributed by atoms with E-state index in [0.717, 1.165) is 6.42 Å². The van der Waals surface area contributed by atoms with Crippen molar-refractivity contribution in [1.82, 2.24) is 5.32 Å². The molecule has 0 aromatic rings. The maximum Gasteiger partial charge on any atom is 0.305 e. The average molecular weight is 271 g/mol. The topological polar surface area (TPSA) is 66.4 Å². The van der Waals surface area contributed by atoms with Crippen LogP contribution in [0, 0.1) is 17.3 Å². The van der Waals surface area contributed by atoms with Crippen LogP contribution in [-0.2, 0) is 9.59 Å². The molecule has 0 aliphatic heterocycles. The highest BCUT2D eigenvalue weighted by atomic mass is 16.4. The molecule has 0 fully saturated rings. The molecule has 0 spiro atoms. The predicted molar refractivity (Wildman–Crippen MR) is 76.9 cm³/mol. The van der Waals surface area contributed by atoms with Crippen LogP contribution < -0.4 is 5.32 Å². The van der Waals surface area contributed by atoms with Gasteiger partial charge in [0.15, 0.2) is 0 Å². The average Bonchev–Trinajstić information content (AvgIpc) is 2.11. The van der Waals surface area contributed by atoms with Gasteiger partial charge in [-0.05, 0) is 23.7 Å². The highest BCUT2D eigenvalue weighted by Crippen LogP contribution is 2.25. The zero-order valence-corrected chi connectivity index (χ0v) is 13.1. The molecule has 0 radical (unpaired) electrons. The molecule has 4 heteroatoms. The maximum absolute atomic E-state index is 11.9. The Morgan fingerprint density at radius 3 is 2.00 bits per heavy atom. The quantitative estimate of drug-likeness (QED) is 0.748. The second-order valence-corrected chi connectivity index (χ2v) is 7.09. The Kier molecular flexibility index (Phi) is 7.09. The molecule has 0 aliphatic carbocycles. The number of carbonyl (C=O) groups excluding carboxylic acids is 1. The summed E-state index contributed by atoms with van der Waals surface area (Å²) in [7, 11) is 0. The molecular weight excluding hydrogens is 242 g/mol. The molecular formula is C15H29NO3. The number of carbonyl (C=O) groups is 2. The van der Waals surface area contributed by atoms with Crippen LogP contribution in [0.15, 0.2) is 0 Å². The number of nitrogens with one attached hydrogen (secondary N) is 1. The first-order valence-corrected chi connectivity index (χ1v) is 7.02. The fourth-order valence-electron chi connectivity index (χ4n) is 2.34. The highest BCUT2D eigenvalue weighted by molar-refractivity contribution is 5.77. The molecule has 4 nitrogen and oxygen atoms in total. The second-order valence-electron chi connectivity index (χ2n) is 7.09. The summed E-state index contributed by atoms with van der Waals surface area (Å²) < 4.78 is 0. The first-order valence-electron chi connectivity index (χ1n) is 7.02. The standard InChI is InChI=1S/C15H29NO3/c1-10(2)12(8-14(18)19)16-13(17)7-11(3)9-15(4,5)6/h10-12H,7-9H2,1-6H3,(H,16,17)(H,18,19). The van der Waals surface area contributed by atoms with E-state index in [2.05, 4.69) is 33.0 Å². The van der Waals surface area contributed by atoms with Crippen LogP contribution in [-0.4, -0.2) is 23.0 Å². The van der Waals surface area contributed by atoms with Gasteiger partial charge in [-0.1, -0.05) is 41.5 Å². The lowest BCUT2D eigenvalue weighted by Gasteiger charge is -2.25. The van der Waals surface area contributed by atoms with Crippen LogP contribution in [0.3, 0.4) is 0 Å². The van der Waals surface area contributed by atoms with Crippen molar-refractivity contribution in [3.05, 3.63) is 0 Å². The summed E-state index contributed by atoms with van der Waals surface area (Å²) in [5, 5.41) is 11.7. The maximum atomic E-state index is 11.9. The molecule has 2 unspecified atom stereocenters. The normalized spacial score (nSPS) is 15.1. The minimum Gasteiger partial charge on any atom is -0.481 e. The van der Waals surface area contributed by atoms with Gasteiger partial charge in [-0.3, -0.25) is 9.59 Å². The molecule has 0 rings (SSSR count). The molecule has 1 amide bonds. The van der Waals surface area contributed by atoms with Gasteiger partial charge in [-0.25, -0.2) is 0 Å². The van der Waals surface area contributed by atoms with Gasteiger partial charge in [0, 0.05) is 12.5 Å². The number of carboxylic acids is 1. The van der Waals surface area contributed by atoms with Crippen molar-refractivity contribution >= 4 is 11.9 Å². The second kappa shape index (κ2) is 7.51. The Morgan fingerprint density at radius 1 is 1.11 bits per heavy atom. The summed E-state index contributed by atoms with van der Waals surface area (Å²) in [4.78, 5) is 22.7. The molecule has 112 valence electrons. The highest BCUT2D eigenvalue weighted by Gasteiger charge is 2.22. The van der Waals surface area contributed by atoms with Crippen molar-refractivity contribution < 1.29 is 14.7 Å². The smallest absolute Gasteiger partial charge is 0.305 e. The van der Waals surface area contributed by atoms with Crippen molar-refractivity contribution in [3.8, 4) is 0 Å². The predicted octanol–water partition coefficient (Wildman–Crippen LogP) is 3.06. The van der Waals surface area contributed by atoms with Crippen LogP contribution in [0.5, 0.6) is 0 Å². The molecule has 19 heavy (non-hydrogen) atoms. The Labute approximate surface area is 117 Å². The number of rotatable bonds is 7. The van der Waals surface area contributed by atoms with Crippen LogP contribution >= 0.6 is 0 Å². The summed E-state index contributed by atoms with van der Waals surface area (Å²) in [6.07, 6.45) is 1.42. The molecule has 0 heterocycles. The van der Waals surface area contributed by atoms with Crippen molar-refractivity contribution in [2.45, 2.75) is 66.8 Å². The number of carboxylic acid groups (broad SMARTS) is 1. The lowest BCUT2D eigenvalue weighted by molar-refractivity contribution is -0.138. The fourth-order valence-corrected chi connectivity index (χ4v) is 2.34. The lowest BCUT2D eigenvalue weighted by Crippen LogP contribution is -2.40. The third kappa shape index (κ3) is 9.51. The molecule has 0 saturated heterocycles. The summed E-state index contributed by atoms with van der Waals surface area (Å²) in [6, 6.07) is -0.285. The van der Waals surface area contributed by atoms with Crippen molar-refractivity contribution in [1.29, 1.82) is 0 Å². The van der Waals surface area contributed by atoms with Gasteiger partial charge >= 0.3 is 5.97 Å². The van der Waals surface area contributed by atoms with E-state index in [1.165, 1.54) is 0 Å². The van der Waals surface area contributed by atoms with Crippen LogP contribution in [0.4, 0.5) is 0 Å². The summed E-state index contributed by atoms with van der Waals surface area (Å²) in [5.41, 5.74) is 0.207. The number of amides is 1. The zero-order valence-electron chi connectivity index (χ0n) is 13.1. The Balaban J connectivity index is 4.30. The van der Waals surface area contributed by atoms with Crippen molar-refractivity contribution in [2.24, 2.45) is 17.3 Å². The van der Waals surface area contributed by atoms with Crippen LogP contribution in [0.25, 0.3) is 0 Å². The lowest BCUT2D eigenvalue weighted by atomic mass is 9.84. The number of aliphatic carboxylic acids is 1. The van der Waals surface area contributed by atoms with Gasteiger partial charge in [0.2, 0.25) is 5.91 Å². The third-order valence-electron chi connectivity index (χ3n) is 3.04. The van der Waals surface area contributed by atoms with E-state index < -0.39 is 5.97 Å². The van der Waals surface area contributed by atoms with E-state index in [4.69, 9.17) is 5.11 Å². The molecule has 0 aromatic carbocycles. The Bertz CT molecular complexity index is 305. The first kappa shape index (κ1) is 17.9. The first-order chi connectivity index (χ1) is 8.51. The third-order valence-corrected chi connectivity index (χ3v) is 3.04. The monoisotopic (exact) mass is 271 g/mol. The van der Waals surface area contributed by atoms with Gasteiger partial charge < -0.3 is 10.4 Å². The van der Waals surface area contributed by atoms with Crippen molar-refractivity contribution in [3.63, 3.8) is 0 Å². The zero-order chi connectivity index (χ0) is 15.2. The van der Waals surface area contributed by atoms with Gasteiger partial charge in [0.1, 0.15) is 0 Å². The molecule has 2 N–H and O–H groups in total. The summed E-state index contributed by atoms with van der Waals surface area (Å²) in [6.45, 7) is 12.4. The van der Waals surface area contributed by atoms with Gasteiger partial charge in [-0.15, -0.1) is 0 Å². The van der Waals surface area contributed by atoms with Crippen LogP contribution in [0.2, 0.25) is 0 Å². The number of hydrogen-bond acceptors (Lipinski definition) is 2. The number of hydrogen-bond donors (Lipinski definition) is 2. The minimum atomic E-state index is -0.873. The Hall–Kier alpha value is -1.06. The van der Waals surface area contributed by atoms with E-state index >= 15 is 0 Å². The van der Waals surface area contributed by atoms with E-state index in [9.17, 15) is 9.59 Å². The molecule has 0 bridgehead atoms. The summed E-state index contributed by atoms with van der Waals surface area (Å²) in [5.74, 6) is -0.492. The molecule has 0 aliphatic rings. The minimum absolute atomic E-state index is 0.0168. The Morgan fingerprint density at radius 2 is 1.63 bits per heavy atom. The molecule has 0 saturated carbocycles. The largest absolute Gasteiger partial charge is 0.481 e. The van der Waals surface area contributed by atoms with Crippen molar-refractivity contribution in [2.75, 3.05) is 0 Å². The molecule has 0 aromatic heterocycles. The fraction of sp³-hybridized carbons (Fsp3) is 0.867. The van der Waals surface area contributed by atoms with Gasteiger partial charge in [0.25, 0.3) is 0 Å². The van der Waals surface area contributed by atoms with Crippen LogP contribution in [0.1, 0.15) is 60.8 Å². The van der Waals surface area contributed by atoms with E-state index in [-0.39, 0.29) is 29.7 Å².